The van der Waals surface area contributed by atoms with Crippen LogP contribution in [0.3, 0.4) is 0 Å². The Bertz CT molecular complexity index is 1280. The van der Waals surface area contributed by atoms with Gasteiger partial charge in [0.15, 0.2) is 17.2 Å². The quantitative estimate of drug-likeness (QED) is 0.543. The number of halogens is 1. The van der Waals surface area contributed by atoms with Gasteiger partial charge in [0.2, 0.25) is 0 Å². The van der Waals surface area contributed by atoms with Gasteiger partial charge in [-0.3, -0.25) is 0 Å². The Balaban J connectivity index is 1.78. The van der Waals surface area contributed by atoms with Gasteiger partial charge < -0.3 is 15.3 Å². The zero-order valence-electron chi connectivity index (χ0n) is 18.3. The minimum atomic E-state index is -1.17. The fourth-order valence-corrected chi connectivity index (χ4v) is 4.26. The highest BCUT2D eigenvalue weighted by Crippen LogP contribution is 2.36. The van der Waals surface area contributed by atoms with Gasteiger partial charge in [0.1, 0.15) is 11.2 Å². The maximum absolute atomic E-state index is 11.6. The fraction of sp³-hybridized carbons (Fsp3) is 0.348. The first kappa shape index (κ1) is 21.8. The number of benzene rings is 1. The van der Waals surface area contributed by atoms with Crippen LogP contribution in [0.1, 0.15) is 54.1 Å². The number of nitriles is 1. The third-order valence-corrected chi connectivity index (χ3v) is 5.68. The molecule has 1 saturated heterocycles. The number of pyridine rings is 1. The molecule has 0 radical (unpaired) electrons. The third-order valence-electron chi connectivity index (χ3n) is 5.47. The highest BCUT2D eigenvalue weighted by Gasteiger charge is 2.36. The second kappa shape index (κ2) is 7.92. The third kappa shape index (κ3) is 4.04. The summed E-state index contributed by atoms with van der Waals surface area (Å²) in [5.74, 6) is -0.589. The van der Waals surface area contributed by atoms with Crippen LogP contribution >= 0.6 is 11.6 Å². The standard InChI is InChI=1S/C23H23ClN6O2/c1-12-7-14(13(2)26-15-5-6-18(24)28-20(15)22(31)32)19-16(8-12)27-17(9-25)21(29-19)30-10-23(3,4)11-30/h5-8,13,26H,10-11H2,1-4H3,(H,31,32)/t13-/m1/s1. The maximum Gasteiger partial charge on any atom is 0.356 e. The van der Waals surface area contributed by atoms with E-state index >= 15 is 0 Å². The van der Waals surface area contributed by atoms with Crippen LogP contribution in [0.5, 0.6) is 0 Å². The van der Waals surface area contributed by atoms with Gasteiger partial charge in [-0.2, -0.15) is 5.26 Å². The summed E-state index contributed by atoms with van der Waals surface area (Å²) in [7, 11) is 0. The number of carboxylic acid groups (broad SMARTS) is 1. The van der Waals surface area contributed by atoms with Gasteiger partial charge >= 0.3 is 5.97 Å². The van der Waals surface area contributed by atoms with Crippen molar-refractivity contribution in [2.45, 2.75) is 33.7 Å². The molecule has 0 amide bonds. The van der Waals surface area contributed by atoms with Crippen LogP contribution in [0.4, 0.5) is 11.5 Å². The molecule has 8 nitrogen and oxygen atoms in total. The Morgan fingerprint density at radius 3 is 2.62 bits per heavy atom. The average Bonchev–Trinajstić information content (AvgIpc) is 2.71. The van der Waals surface area contributed by atoms with E-state index in [1.165, 1.54) is 0 Å². The molecule has 164 valence electrons. The Labute approximate surface area is 190 Å². The number of rotatable bonds is 5. The molecule has 32 heavy (non-hydrogen) atoms. The van der Waals surface area contributed by atoms with Crippen LogP contribution in [0, 0.1) is 23.7 Å². The van der Waals surface area contributed by atoms with E-state index in [-0.39, 0.29) is 22.3 Å². The molecule has 0 bridgehead atoms. The maximum atomic E-state index is 11.6. The van der Waals surface area contributed by atoms with Crippen molar-refractivity contribution < 1.29 is 9.90 Å². The van der Waals surface area contributed by atoms with Gasteiger partial charge in [-0.15, -0.1) is 0 Å². The Morgan fingerprint density at radius 1 is 1.28 bits per heavy atom. The second-order valence-corrected chi connectivity index (χ2v) is 9.34. The van der Waals surface area contributed by atoms with Crippen molar-refractivity contribution in [1.29, 1.82) is 5.26 Å². The van der Waals surface area contributed by atoms with Crippen LogP contribution in [-0.4, -0.2) is 39.1 Å². The van der Waals surface area contributed by atoms with Crippen molar-refractivity contribution in [3.05, 3.63) is 51.9 Å². The summed E-state index contributed by atoms with van der Waals surface area (Å²) in [5.41, 5.74) is 3.80. The van der Waals surface area contributed by atoms with E-state index in [0.29, 0.717) is 28.2 Å². The van der Waals surface area contributed by atoms with Crippen LogP contribution in [0.2, 0.25) is 5.15 Å². The molecule has 4 rings (SSSR count). The number of nitrogens with zero attached hydrogens (tertiary/aromatic N) is 5. The van der Waals surface area contributed by atoms with Gasteiger partial charge in [-0.25, -0.2) is 19.7 Å². The lowest BCUT2D eigenvalue weighted by Crippen LogP contribution is -2.53. The minimum Gasteiger partial charge on any atom is -0.476 e. The summed E-state index contributed by atoms with van der Waals surface area (Å²) in [4.78, 5) is 27.1. The Hall–Kier alpha value is -3.44. The molecule has 0 spiro atoms. The number of hydrogen-bond acceptors (Lipinski definition) is 7. The van der Waals surface area contributed by atoms with Gasteiger partial charge in [0.25, 0.3) is 0 Å². The van der Waals surface area contributed by atoms with E-state index in [0.717, 1.165) is 24.2 Å². The van der Waals surface area contributed by atoms with E-state index in [1.54, 1.807) is 12.1 Å². The SMILES string of the molecule is Cc1cc([C@@H](C)Nc2ccc(Cl)nc2C(=O)O)c2nc(N3CC(C)(C)C3)c(C#N)nc2c1. The molecule has 2 aromatic heterocycles. The van der Waals surface area contributed by atoms with Crippen LogP contribution in [-0.2, 0) is 0 Å². The van der Waals surface area contributed by atoms with Gasteiger partial charge in [-0.05, 0) is 43.0 Å². The fourth-order valence-electron chi connectivity index (χ4n) is 4.11. The minimum absolute atomic E-state index is 0.110. The summed E-state index contributed by atoms with van der Waals surface area (Å²) in [6.45, 7) is 9.81. The smallest absolute Gasteiger partial charge is 0.356 e. The normalized spacial score (nSPS) is 15.7. The highest BCUT2D eigenvalue weighted by atomic mass is 35.5. The predicted octanol–water partition coefficient (Wildman–Crippen LogP) is 4.58. The van der Waals surface area contributed by atoms with Crippen molar-refractivity contribution in [2.24, 2.45) is 5.41 Å². The molecular weight excluding hydrogens is 428 g/mol. The van der Waals surface area contributed by atoms with E-state index in [4.69, 9.17) is 16.6 Å². The number of fused-ring (bicyclic) bond motifs is 1. The molecular formula is C23H23ClN6O2. The molecule has 1 aliphatic rings. The first-order chi connectivity index (χ1) is 15.1. The van der Waals surface area contributed by atoms with Crippen molar-refractivity contribution in [3.63, 3.8) is 0 Å². The van der Waals surface area contributed by atoms with Gasteiger partial charge in [0, 0.05) is 18.7 Å². The summed E-state index contributed by atoms with van der Waals surface area (Å²) in [6, 6.07) is 8.91. The summed E-state index contributed by atoms with van der Waals surface area (Å²) < 4.78 is 0. The van der Waals surface area contributed by atoms with E-state index in [2.05, 4.69) is 40.1 Å². The monoisotopic (exact) mass is 450 g/mol. The van der Waals surface area contributed by atoms with Gasteiger partial charge in [-0.1, -0.05) is 31.5 Å². The topological polar surface area (TPSA) is 115 Å². The average molecular weight is 451 g/mol. The number of hydrogen-bond donors (Lipinski definition) is 2. The lowest BCUT2D eigenvalue weighted by atomic mass is 9.84. The number of anilines is 2. The first-order valence-electron chi connectivity index (χ1n) is 10.2. The van der Waals surface area contributed by atoms with Gasteiger partial charge in [0.05, 0.1) is 22.8 Å². The molecule has 0 unspecified atom stereocenters. The number of nitrogens with one attached hydrogen (secondary N) is 1. The number of carboxylic acids is 1. The molecule has 1 atom stereocenters. The highest BCUT2D eigenvalue weighted by molar-refractivity contribution is 6.29. The first-order valence-corrected chi connectivity index (χ1v) is 10.6. The predicted molar refractivity (Wildman–Crippen MR) is 123 cm³/mol. The van der Waals surface area contributed by atoms with Crippen molar-refractivity contribution in [1.82, 2.24) is 15.0 Å². The Morgan fingerprint density at radius 2 is 2.00 bits per heavy atom. The molecule has 2 N–H and O–H groups in total. The molecule has 0 saturated carbocycles. The van der Waals surface area contributed by atoms with E-state index in [1.807, 2.05) is 26.0 Å². The lowest BCUT2D eigenvalue weighted by Gasteiger charge is -2.46. The van der Waals surface area contributed by atoms with Crippen LogP contribution < -0.4 is 10.2 Å². The van der Waals surface area contributed by atoms with Crippen molar-refractivity contribution >= 4 is 40.1 Å². The van der Waals surface area contributed by atoms with Crippen molar-refractivity contribution in [2.75, 3.05) is 23.3 Å². The largest absolute Gasteiger partial charge is 0.476 e. The van der Waals surface area contributed by atoms with E-state index in [9.17, 15) is 15.2 Å². The number of aromatic nitrogens is 3. The summed E-state index contributed by atoms with van der Waals surface area (Å²) in [5, 5.41) is 22.5. The summed E-state index contributed by atoms with van der Waals surface area (Å²) in [6.07, 6.45) is 0. The zero-order chi connectivity index (χ0) is 23.2. The van der Waals surface area contributed by atoms with E-state index < -0.39 is 5.97 Å². The molecule has 1 aliphatic heterocycles. The second-order valence-electron chi connectivity index (χ2n) is 8.95. The molecule has 1 fully saturated rings. The summed E-state index contributed by atoms with van der Waals surface area (Å²) >= 11 is 5.88. The molecule has 3 aromatic rings. The molecule has 0 aliphatic carbocycles. The lowest BCUT2D eigenvalue weighted by molar-refractivity contribution is 0.0691. The number of carbonyl (C=O) groups is 1. The number of aromatic carboxylic acids is 1. The molecule has 9 heteroatoms. The zero-order valence-corrected chi connectivity index (χ0v) is 19.0. The van der Waals surface area contributed by atoms with Crippen molar-refractivity contribution in [3.8, 4) is 6.07 Å². The molecule has 1 aromatic carbocycles. The number of aryl methyl sites for hydroxylation is 1. The van der Waals surface area contributed by atoms with Crippen LogP contribution in [0.15, 0.2) is 24.3 Å². The molecule has 3 heterocycles. The Kier molecular flexibility index (Phi) is 5.39. The van der Waals surface area contributed by atoms with Crippen LogP contribution in [0.25, 0.3) is 11.0 Å².